The summed E-state index contributed by atoms with van der Waals surface area (Å²) in [4.78, 5) is 33.3. The minimum absolute atomic E-state index is 0.246. The molecule has 0 unspecified atom stereocenters. The zero-order chi connectivity index (χ0) is 31.4. The molecule has 1 atom stereocenters. The van der Waals surface area contributed by atoms with Gasteiger partial charge in [-0.1, -0.05) is 59.9 Å². The quantitative estimate of drug-likeness (QED) is 0.241. The molecule has 1 aromatic heterocycles. The number of rotatable bonds is 10. The van der Waals surface area contributed by atoms with Crippen LogP contribution in [0.25, 0.3) is 6.08 Å². The topological polar surface area (TPSA) is 91.2 Å². The second-order valence-corrected chi connectivity index (χ2v) is 11.4. The molecule has 1 aliphatic rings. The first-order chi connectivity index (χ1) is 21.2. The maximum Gasteiger partial charge on any atom is 0.271 e. The van der Waals surface area contributed by atoms with Crippen LogP contribution in [0, 0.1) is 13.8 Å². The van der Waals surface area contributed by atoms with E-state index >= 15 is 0 Å². The lowest BCUT2D eigenvalue weighted by molar-refractivity contribution is -0.113. The molecular formula is C35H35N3O5S. The van der Waals surface area contributed by atoms with Crippen LogP contribution >= 0.6 is 11.3 Å². The van der Waals surface area contributed by atoms with Crippen molar-refractivity contribution in [2.24, 2.45) is 4.99 Å². The minimum Gasteiger partial charge on any atom is -0.497 e. The van der Waals surface area contributed by atoms with Crippen molar-refractivity contribution >= 4 is 29.0 Å². The highest BCUT2D eigenvalue weighted by atomic mass is 32.1. The summed E-state index contributed by atoms with van der Waals surface area (Å²) < 4.78 is 19.0. The number of aromatic nitrogens is 1. The molecule has 3 aromatic carbocycles. The Morgan fingerprint density at radius 3 is 2.50 bits per heavy atom. The highest BCUT2D eigenvalue weighted by molar-refractivity contribution is 7.07. The molecule has 1 N–H and O–H groups in total. The Balaban J connectivity index is 1.62. The lowest BCUT2D eigenvalue weighted by atomic mass is 9.95. The molecule has 8 nitrogen and oxygen atoms in total. The van der Waals surface area contributed by atoms with Gasteiger partial charge in [-0.15, -0.1) is 0 Å². The first-order valence-electron chi connectivity index (χ1n) is 14.3. The van der Waals surface area contributed by atoms with E-state index in [9.17, 15) is 9.59 Å². The number of nitrogens with zero attached hydrogens (tertiary/aromatic N) is 2. The zero-order valence-electron chi connectivity index (χ0n) is 25.5. The fourth-order valence-corrected chi connectivity index (χ4v) is 6.21. The van der Waals surface area contributed by atoms with Crippen LogP contribution < -0.4 is 34.4 Å². The van der Waals surface area contributed by atoms with Crippen LogP contribution in [-0.2, 0) is 4.79 Å². The fourth-order valence-electron chi connectivity index (χ4n) is 5.16. The van der Waals surface area contributed by atoms with Gasteiger partial charge in [0.25, 0.3) is 11.5 Å². The number of benzene rings is 3. The number of ether oxygens (including phenoxy) is 3. The average molecular weight is 610 g/mol. The summed E-state index contributed by atoms with van der Waals surface area (Å²) in [7, 11) is 1.60. The van der Waals surface area contributed by atoms with Crippen molar-refractivity contribution in [3.63, 3.8) is 0 Å². The molecule has 4 aromatic rings. The Labute approximate surface area is 260 Å². The van der Waals surface area contributed by atoms with Crippen LogP contribution in [0.1, 0.15) is 42.1 Å². The van der Waals surface area contributed by atoms with Gasteiger partial charge in [0.1, 0.15) is 12.4 Å². The molecule has 0 fully saturated rings. The first-order valence-corrected chi connectivity index (χ1v) is 15.1. The molecule has 5 rings (SSSR count). The molecule has 0 aliphatic carbocycles. The van der Waals surface area contributed by atoms with Crippen molar-refractivity contribution in [1.82, 2.24) is 4.57 Å². The van der Waals surface area contributed by atoms with Crippen molar-refractivity contribution in [2.75, 3.05) is 25.6 Å². The molecule has 226 valence electrons. The average Bonchev–Trinajstić information content (AvgIpc) is 3.31. The lowest BCUT2D eigenvalue weighted by Gasteiger charge is -2.25. The number of hydrogen-bond acceptors (Lipinski definition) is 7. The van der Waals surface area contributed by atoms with E-state index in [0.717, 1.165) is 22.3 Å². The number of anilines is 1. The number of thiazole rings is 1. The smallest absolute Gasteiger partial charge is 0.271 e. The normalized spacial score (nSPS) is 14.5. The monoisotopic (exact) mass is 609 g/mol. The standard InChI is InChI=1S/C35H35N3O5S/c1-7-17-43-28-16-10-24(19-29(28)42-8-2)20-30-34(40)38-32(25-11-13-26(41-6)14-12-25)31(23(5)36-35(38)44-30)33(39)37-27-15-9-21(3)18-22(27)4/h7,9-16,18-20,32H,1,8,17H2,2-6H3,(H,37,39)/b30-20+/t32-/m0/s1. The Morgan fingerprint density at radius 2 is 1.82 bits per heavy atom. The fraction of sp³-hybridized carbons (Fsp3) is 0.229. The number of fused-ring (bicyclic) bond motifs is 1. The third-order valence-corrected chi connectivity index (χ3v) is 8.23. The van der Waals surface area contributed by atoms with E-state index in [-0.39, 0.29) is 11.5 Å². The van der Waals surface area contributed by atoms with Gasteiger partial charge in [-0.2, -0.15) is 0 Å². The zero-order valence-corrected chi connectivity index (χ0v) is 26.3. The van der Waals surface area contributed by atoms with E-state index < -0.39 is 6.04 Å². The van der Waals surface area contributed by atoms with Gasteiger partial charge in [0.2, 0.25) is 0 Å². The Bertz CT molecular complexity index is 1940. The Hall–Kier alpha value is -4.89. The van der Waals surface area contributed by atoms with Crippen molar-refractivity contribution < 1.29 is 19.0 Å². The van der Waals surface area contributed by atoms with Gasteiger partial charge in [-0.25, -0.2) is 4.99 Å². The molecular weight excluding hydrogens is 574 g/mol. The summed E-state index contributed by atoms with van der Waals surface area (Å²) in [5, 5.41) is 3.06. The molecule has 9 heteroatoms. The second-order valence-electron chi connectivity index (χ2n) is 10.4. The second kappa shape index (κ2) is 13.2. The number of allylic oxidation sites excluding steroid dienone is 1. The van der Waals surface area contributed by atoms with Crippen molar-refractivity contribution in [3.8, 4) is 17.2 Å². The molecule has 2 heterocycles. The lowest BCUT2D eigenvalue weighted by Crippen LogP contribution is -2.40. The van der Waals surface area contributed by atoms with Crippen LogP contribution in [0.5, 0.6) is 17.2 Å². The maximum absolute atomic E-state index is 14.1. The number of methoxy groups -OCH3 is 1. The summed E-state index contributed by atoms with van der Waals surface area (Å²) >= 11 is 1.28. The predicted octanol–water partition coefficient (Wildman–Crippen LogP) is 5.46. The molecule has 0 bridgehead atoms. The van der Waals surface area contributed by atoms with Gasteiger partial charge in [0.15, 0.2) is 16.3 Å². The van der Waals surface area contributed by atoms with E-state index in [1.165, 1.54) is 11.3 Å². The van der Waals surface area contributed by atoms with Crippen LogP contribution in [0.4, 0.5) is 5.69 Å². The highest BCUT2D eigenvalue weighted by Crippen LogP contribution is 2.32. The van der Waals surface area contributed by atoms with Crippen molar-refractivity contribution in [3.05, 3.63) is 127 Å². The first kappa shape index (κ1) is 30.6. The molecule has 44 heavy (non-hydrogen) atoms. The SMILES string of the molecule is C=CCOc1ccc(/C=c2/sc3n(c2=O)[C@@H](c2ccc(OC)cc2)C(C(=O)Nc2ccc(C)cc2C)=C(C)N=3)cc1OCC. The molecule has 0 spiro atoms. The third kappa shape index (κ3) is 6.23. The number of amides is 1. The molecule has 0 radical (unpaired) electrons. The summed E-state index contributed by atoms with van der Waals surface area (Å²) in [6.07, 6.45) is 3.48. The summed E-state index contributed by atoms with van der Waals surface area (Å²) in [6.45, 7) is 12.2. The summed E-state index contributed by atoms with van der Waals surface area (Å²) in [5.74, 6) is 1.53. The van der Waals surface area contributed by atoms with E-state index in [4.69, 9.17) is 19.2 Å². The number of nitrogens with one attached hydrogen (secondary N) is 1. The van der Waals surface area contributed by atoms with Gasteiger partial charge >= 0.3 is 0 Å². The van der Waals surface area contributed by atoms with Crippen LogP contribution in [-0.4, -0.2) is 30.8 Å². The number of carbonyl (C=O) groups is 1. The Kier molecular flexibility index (Phi) is 9.15. The van der Waals surface area contributed by atoms with E-state index in [1.807, 2.05) is 87.5 Å². The minimum atomic E-state index is -0.696. The van der Waals surface area contributed by atoms with Gasteiger partial charge in [-0.3, -0.25) is 14.2 Å². The number of aryl methyl sites for hydroxylation is 2. The van der Waals surface area contributed by atoms with E-state index in [2.05, 4.69) is 11.9 Å². The molecule has 1 amide bonds. The van der Waals surface area contributed by atoms with E-state index in [1.54, 1.807) is 24.7 Å². The number of hydrogen-bond donors (Lipinski definition) is 1. The van der Waals surface area contributed by atoms with Crippen molar-refractivity contribution in [2.45, 2.75) is 33.7 Å². The largest absolute Gasteiger partial charge is 0.497 e. The predicted molar refractivity (Wildman–Crippen MR) is 175 cm³/mol. The maximum atomic E-state index is 14.1. The van der Waals surface area contributed by atoms with Crippen LogP contribution in [0.15, 0.2) is 94.4 Å². The van der Waals surface area contributed by atoms with Crippen LogP contribution in [0.2, 0.25) is 0 Å². The van der Waals surface area contributed by atoms with Crippen LogP contribution in [0.3, 0.4) is 0 Å². The summed E-state index contributed by atoms with van der Waals surface area (Å²) in [6, 6.07) is 18.1. The summed E-state index contributed by atoms with van der Waals surface area (Å²) in [5.41, 5.74) is 4.99. The number of carbonyl (C=O) groups excluding carboxylic acids is 1. The third-order valence-electron chi connectivity index (χ3n) is 7.25. The van der Waals surface area contributed by atoms with Gasteiger partial charge < -0.3 is 19.5 Å². The van der Waals surface area contributed by atoms with Crippen molar-refractivity contribution in [1.29, 1.82) is 0 Å². The van der Waals surface area contributed by atoms with Gasteiger partial charge in [0, 0.05) is 5.69 Å². The Morgan fingerprint density at radius 1 is 1.05 bits per heavy atom. The highest BCUT2D eigenvalue weighted by Gasteiger charge is 2.32. The van der Waals surface area contributed by atoms with E-state index in [0.29, 0.717) is 56.8 Å². The van der Waals surface area contributed by atoms with Gasteiger partial charge in [0.05, 0.1) is 35.6 Å². The molecule has 0 saturated heterocycles. The molecule has 0 saturated carbocycles. The molecule has 1 aliphatic heterocycles. The van der Waals surface area contributed by atoms with Gasteiger partial charge in [-0.05, 0) is 80.8 Å².